The zero-order chi connectivity index (χ0) is 18.5. The van der Waals surface area contributed by atoms with Crippen LogP contribution >= 0.6 is 0 Å². The summed E-state index contributed by atoms with van der Waals surface area (Å²) >= 11 is 0. The lowest BCUT2D eigenvalue weighted by Gasteiger charge is -2.06. The quantitative estimate of drug-likeness (QED) is 0.253. The maximum absolute atomic E-state index is 11.5. The van der Waals surface area contributed by atoms with Gasteiger partial charge >= 0.3 is 17.9 Å². The minimum Gasteiger partial charge on any atom is -0.465 e. The number of carbonyl (C=O) groups is 4. The molecule has 0 aromatic heterocycles. The van der Waals surface area contributed by atoms with E-state index in [0.717, 1.165) is 5.56 Å². The van der Waals surface area contributed by atoms with Crippen LogP contribution in [0.5, 0.6) is 5.75 Å². The molecule has 0 atom stereocenters. The Kier molecular flexibility index (Phi) is 9.35. The minimum absolute atomic E-state index is 0.0117. The van der Waals surface area contributed by atoms with E-state index in [4.69, 9.17) is 9.47 Å². The van der Waals surface area contributed by atoms with Crippen LogP contribution in [0.1, 0.15) is 25.3 Å². The highest BCUT2D eigenvalue weighted by atomic mass is 16.6. The Balaban J connectivity index is 2.12. The largest absolute Gasteiger partial charge is 0.465 e. The number of rotatable bonds is 11. The highest BCUT2D eigenvalue weighted by Gasteiger charge is 2.09. The second kappa shape index (κ2) is 11.6. The summed E-state index contributed by atoms with van der Waals surface area (Å²) in [6, 6.07) is 6.79. The first-order valence-electron chi connectivity index (χ1n) is 7.65. The molecule has 1 aromatic rings. The molecule has 0 fully saturated rings. The third-order valence-corrected chi connectivity index (χ3v) is 2.95. The minimum atomic E-state index is -0.560. The van der Waals surface area contributed by atoms with E-state index >= 15 is 0 Å². The lowest BCUT2D eigenvalue weighted by atomic mass is 10.1. The van der Waals surface area contributed by atoms with Gasteiger partial charge in [-0.1, -0.05) is 12.1 Å². The first-order valence-corrected chi connectivity index (χ1v) is 7.65. The van der Waals surface area contributed by atoms with Gasteiger partial charge in [-0.25, -0.2) is 0 Å². The molecule has 0 spiro atoms. The first kappa shape index (κ1) is 20.1. The van der Waals surface area contributed by atoms with E-state index in [1.54, 1.807) is 24.3 Å². The molecule has 0 aliphatic rings. The van der Waals surface area contributed by atoms with Crippen LogP contribution in [0.2, 0.25) is 0 Å². The molecule has 0 unspecified atom stereocenters. The predicted octanol–water partition coefficient (Wildman–Crippen LogP) is 1.19. The van der Waals surface area contributed by atoms with Crippen LogP contribution in [-0.4, -0.2) is 44.2 Å². The SMILES string of the molecule is CC(=O)OCCOC(=O)CCC(=O)OCCc1ccc(OC=O)cc1. The van der Waals surface area contributed by atoms with Crippen LogP contribution in [0.4, 0.5) is 0 Å². The number of hydrogen-bond donors (Lipinski definition) is 0. The fraction of sp³-hybridized carbons (Fsp3) is 0.412. The standard InChI is InChI=1S/C17H20O8/c1-13(19)22-10-11-24-17(21)7-6-16(20)23-9-8-14-2-4-15(5-3-14)25-12-18/h2-5,12H,6-11H2,1H3. The molecule has 8 nitrogen and oxygen atoms in total. The zero-order valence-corrected chi connectivity index (χ0v) is 13.9. The molecule has 0 radical (unpaired) electrons. The molecule has 0 aliphatic heterocycles. The van der Waals surface area contributed by atoms with Crippen molar-refractivity contribution < 1.29 is 38.1 Å². The summed E-state index contributed by atoms with van der Waals surface area (Å²) in [6.45, 7) is 1.72. The number of esters is 3. The van der Waals surface area contributed by atoms with Crippen molar-refractivity contribution in [2.24, 2.45) is 0 Å². The number of carbonyl (C=O) groups excluding carboxylic acids is 4. The molecule has 0 amide bonds. The van der Waals surface area contributed by atoms with E-state index in [-0.39, 0.29) is 32.7 Å². The van der Waals surface area contributed by atoms with Crippen LogP contribution in [0, 0.1) is 0 Å². The van der Waals surface area contributed by atoms with E-state index in [0.29, 0.717) is 18.6 Å². The van der Waals surface area contributed by atoms with Gasteiger partial charge in [0.1, 0.15) is 19.0 Å². The molecule has 25 heavy (non-hydrogen) atoms. The smallest absolute Gasteiger partial charge is 0.306 e. The Bertz CT molecular complexity index is 579. The third-order valence-electron chi connectivity index (χ3n) is 2.95. The normalized spacial score (nSPS) is 9.80. The van der Waals surface area contributed by atoms with Crippen molar-refractivity contribution in [3.63, 3.8) is 0 Å². The van der Waals surface area contributed by atoms with Crippen molar-refractivity contribution in [2.75, 3.05) is 19.8 Å². The summed E-state index contributed by atoms with van der Waals surface area (Å²) in [5, 5.41) is 0. The summed E-state index contributed by atoms with van der Waals surface area (Å²) in [4.78, 5) is 43.6. The Morgan fingerprint density at radius 2 is 1.44 bits per heavy atom. The maximum Gasteiger partial charge on any atom is 0.306 e. The fourth-order valence-corrected chi connectivity index (χ4v) is 1.76. The molecule has 136 valence electrons. The van der Waals surface area contributed by atoms with Gasteiger partial charge in [0.05, 0.1) is 19.4 Å². The second-order valence-corrected chi connectivity index (χ2v) is 4.89. The van der Waals surface area contributed by atoms with Crippen molar-refractivity contribution in [3.8, 4) is 5.75 Å². The van der Waals surface area contributed by atoms with Gasteiger partial charge in [0, 0.05) is 13.3 Å². The maximum atomic E-state index is 11.5. The Labute approximate surface area is 145 Å². The fourth-order valence-electron chi connectivity index (χ4n) is 1.76. The average Bonchev–Trinajstić information content (AvgIpc) is 2.58. The van der Waals surface area contributed by atoms with Gasteiger partial charge in [-0.15, -0.1) is 0 Å². The van der Waals surface area contributed by atoms with Crippen LogP contribution < -0.4 is 4.74 Å². The van der Waals surface area contributed by atoms with Crippen LogP contribution in [-0.2, 0) is 39.8 Å². The molecule has 1 aromatic carbocycles. The van der Waals surface area contributed by atoms with Gasteiger partial charge in [0.15, 0.2) is 0 Å². The van der Waals surface area contributed by atoms with E-state index in [1.165, 1.54) is 6.92 Å². The van der Waals surface area contributed by atoms with Crippen molar-refractivity contribution >= 4 is 24.4 Å². The first-order chi connectivity index (χ1) is 12.0. The van der Waals surface area contributed by atoms with Gasteiger partial charge in [0.25, 0.3) is 6.47 Å². The van der Waals surface area contributed by atoms with Crippen molar-refractivity contribution in [1.82, 2.24) is 0 Å². The molecule has 0 heterocycles. The molecule has 0 bridgehead atoms. The Morgan fingerprint density at radius 1 is 0.880 bits per heavy atom. The van der Waals surface area contributed by atoms with Gasteiger partial charge in [-0.3, -0.25) is 19.2 Å². The van der Waals surface area contributed by atoms with Gasteiger partial charge in [-0.05, 0) is 17.7 Å². The number of benzene rings is 1. The third kappa shape index (κ3) is 9.75. The van der Waals surface area contributed by atoms with E-state index in [9.17, 15) is 19.2 Å². The number of ether oxygens (including phenoxy) is 4. The lowest BCUT2D eigenvalue weighted by Crippen LogP contribution is -2.14. The summed E-state index contributed by atoms with van der Waals surface area (Å²) in [5.41, 5.74) is 0.913. The monoisotopic (exact) mass is 352 g/mol. The second-order valence-electron chi connectivity index (χ2n) is 4.89. The zero-order valence-electron chi connectivity index (χ0n) is 13.9. The Morgan fingerprint density at radius 3 is 2.00 bits per heavy atom. The predicted molar refractivity (Wildman–Crippen MR) is 84.6 cm³/mol. The van der Waals surface area contributed by atoms with E-state index < -0.39 is 17.9 Å². The summed E-state index contributed by atoms with van der Waals surface area (Å²) < 4.78 is 19.1. The van der Waals surface area contributed by atoms with Crippen molar-refractivity contribution in [1.29, 1.82) is 0 Å². The molecule has 8 heteroatoms. The molecular weight excluding hydrogens is 332 g/mol. The summed E-state index contributed by atoms with van der Waals surface area (Å²) in [6.07, 6.45) is 0.315. The number of hydrogen-bond acceptors (Lipinski definition) is 8. The van der Waals surface area contributed by atoms with Gasteiger partial charge in [-0.2, -0.15) is 0 Å². The van der Waals surface area contributed by atoms with Gasteiger partial charge in [0.2, 0.25) is 0 Å². The lowest BCUT2D eigenvalue weighted by molar-refractivity contribution is -0.153. The Hall–Kier alpha value is -2.90. The van der Waals surface area contributed by atoms with E-state index in [1.807, 2.05) is 0 Å². The molecule has 1 rings (SSSR count). The molecule has 0 saturated heterocycles. The van der Waals surface area contributed by atoms with Crippen LogP contribution in [0.15, 0.2) is 24.3 Å². The topological polar surface area (TPSA) is 105 Å². The summed E-state index contributed by atoms with van der Waals surface area (Å²) in [5.74, 6) is -1.08. The molecule has 0 aliphatic carbocycles. The van der Waals surface area contributed by atoms with Gasteiger partial charge < -0.3 is 18.9 Å². The highest BCUT2D eigenvalue weighted by Crippen LogP contribution is 2.12. The highest BCUT2D eigenvalue weighted by molar-refractivity contribution is 5.77. The van der Waals surface area contributed by atoms with Crippen molar-refractivity contribution in [3.05, 3.63) is 29.8 Å². The van der Waals surface area contributed by atoms with Crippen LogP contribution in [0.25, 0.3) is 0 Å². The molecule has 0 N–H and O–H groups in total. The van der Waals surface area contributed by atoms with E-state index in [2.05, 4.69) is 9.47 Å². The summed E-state index contributed by atoms with van der Waals surface area (Å²) in [7, 11) is 0. The molecular formula is C17H20O8. The molecule has 0 saturated carbocycles. The van der Waals surface area contributed by atoms with Crippen molar-refractivity contribution in [2.45, 2.75) is 26.2 Å². The average molecular weight is 352 g/mol. The van der Waals surface area contributed by atoms with Crippen LogP contribution in [0.3, 0.4) is 0 Å².